The molecule has 2 aromatic carbocycles. The summed E-state index contributed by atoms with van der Waals surface area (Å²) < 4.78 is 21.6. The lowest BCUT2D eigenvalue weighted by atomic mass is 10.2. The predicted molar refractivity (Wildman–Crippen MR) is 88.9 cm³/mol. The van der Waals surface area contributed by atoms with Gasteiger partial charge < -0.3 is 24.3 Å². The topological polar surface area (TPSA) is 66.0 Å². The summed E-state index contributed by atoms with van der Waals surface area (Å²) in [7, 11) is 1.57. The van der Waals surface area contributed by atoms with E-state index >= 15 is 0 Å². The Kier molecular flexibility index (Phi) is 4.74. The van der Waals surface area contributed by atoms with E-state index in [2.05, 4.69) is 5.32 Å². The molecule has 6 nitrogen and oxygen atoms in total. The van der Waals surface area contributed by atoms with Crippen LogP contribution in [0.15, 0.2) is 42.5 Å². The largest absolute Gasteiger partial charge is 0.493 e. The Morgan fingerprint density at radius 2 is 1.92 bits per heavy atom. The van der Waals surface area contributed by atoms with E-state index in [-0.39, 0.29) is 12.7 Å². The Morgan fingerprint density at radius 3 is 2.67 bits per heavy atom. The first-order valence-corrected chi connectivity index (χ1v) is 7.71. The molecule has 0 unspecified atom stereocenters. The van der Waals surface area contributed by atoms with Crippen LogP contribution in [0, 0.1) is 0 Å². The molecule has 1 aliphatic heterocycles. The third-order valence-electron chi connectivity index (χ3n) is 3.64. The Labute approximate surface area is 140 Å². The Bertz CT molecular complexity index is 731. The predicted octanol–water partition coefficient (Wildman–Crippen LogP) is 3.22. The number of anilines is 1. The van der Waals surface area contributed by atoms with E-state index in [4.69, 9.17) is 18.9 Å². The van der Waals surface area contributed by atoms with Crippen LogP contribution in [0.25, 0.3) is 0 Å². The molecule has 1 atom stereocenters. The lowest BCUT2D eigenvalue weighted by Gasteiger charge is -2.19. The van der Waals surface area contributed by atoms with Crippen LogP contribution in [0.4, 0.5) is 5.69 Å². The number of benzene rings is 2. The third-order valence-corrected chi connectivity index (χ3v) is 3.64. The second-order valence-corrected chi connectivity index (χ2v) is 5.22. The van der Waals surface area contributed by atoms with Crippen LogP contribution in [0.3, 0.4) is 0 Å². The molecule has 0 radical (unpaired) electrons. The molecule has 1 aliphatic rings. The average molecular weight is 329 g/mol. The van der Waals surface area contributed by atoms with Crippen LogP contribution in [0.2, 0.25) is 0 Å². The van der Waals surface area contributed by atoms with Gasteiger partial charge in [0.2, 0.25) is 6.79 Å². The van der Waals surface area contributed by atoms with Crippen molar-refractivity contribution in [2.24, 2.45) is 0 Å². The zero-order valence-corrected chi connectivity index (χ0v) is 13.6. The molecular weight excluding hydrogens is 310 g/mol. The van der Waals surface area contributed by atoms with Crippen LogP contribution < -0.4 is 24.3 Å². The normalized spacial score (nSPS) is 13.2. The van der Waals surface area contributed by atoms with Gasteiger partial charge in [-0.3, -0.25) is 4.79 Å². The highest BCUT2D eigenvalue weighted by Crippen LogP contribution is 2.34. The van der Waals surface area contributed by atoms with E-state index in [1.54, 1.807) is 37.4 Å². The van der Waals surface area contributed by atoms with Crippen molar-refractivity contribution in [1.29, 1.82) is 0 Å². The van der Waals surface area contributed by atoms with E-state index < -0.39 is 6.10 Å². The minimum atomic E-state index is -0.633. The molecular formula is C18H19NO5. The van der Waals surface area contributed by atoms with Crippen molar-refractivity contribution in [2.75, 3.05) is 19.2 Å². The van der Waals surface area contributed by atoms with Gasteiger partial charge in [0.25, 0.3) is 5.91 Å². The second kappa shape index (κ2) is 7.12. The van der Waals surface area contributed by atoms with Gasteiger partial charge in [0.1, 0.15) is 0 Å². The number of nitrogens with one attached hydrogen (secondary N) is 1. The molecule has 1 heterocycles. The lowest BCUT2D eigenvalue weighted by molar-refractivity contribution is -0.122. The maximum absolute atomic E-state index is 12.5. The zero-order chi connectivity index (χ0) is 16.9. The molecule has 1 amide bonds. The van der Waals surface area contributed by atoms with Gasteiger partial charge in [0.05, 0.1) is 7.11 Å². The SMILES string of the molecule is CC[C@@H](Oc1ccccc1OC)C(=O)Nc1ccc2c(c1)OCO2. The summed E-state index contributed by atoms with van der Waals surface area (Å²) in [5.74, 6) is 2.18. The van der Waals surface area contributed by atoms with E-state index in [9.17, 15) is 4.79 Å². The van der Waals surface area contributed by atoms with Crippen molar-refractivity contribution in [2.45, 2.75) is 19.4 Å². The van der Waals surface area contributed by atoms with Crippen molar-refractivity contribution in [3.05, 3.63) is 42.5 Å². The van der Waals surface area contributed by atoms with Crippen molar-refractivity contribution in [1.82, 2.24) is 0 Å². The number of amides is 1. The van der Waals surface area contributed by atoms with Crippen LogP contribution in [0.1, 0.15) is 13.3 Å². The van der Waals surface area contributed by atoms with Gasteiger partial charge in [-0.15, -0.1) is 0 Å². The molecule has 0 aromatic heterocycles. The van der Waals surface area contributed by atoms with Crippen LogP contribution in [0.5, 0.6) is 23.0 Å². The summed E-state index contributed by atoms with van der Waals surface area (Å²) in [6.45, 7) is 2.08. The van der Waals surface area contributed by atoms with Gasteiger partial charge in [-0.1, -0.05) is 19.1 Å². The van der Waals surface area contributed by atoms with Gasteiger partial charge in [-0.25, -0.2) is 0 Å². The highest BCUT2D eigenvalue weighted by molar-refractivity contribution is 5.94. The molecule has 0 saturated heterocycles. The van der Waals surface area contributed by atoms with Crippen molar-refractivity contribution >= 4 is 11.6 Å². The summed E-state index contributed by atoms with van der Waals surface area (Å²) in [5.41, 5.74) is 0.631. The molecule has 126 valence electrons. The second-order valence-electron chi connectivity index (χ2n) is 5.22. The van der Waals surface area contributed by atoms with Crippen molar-refractivity contribution in [3.63, 3.8) is 0 Å². The Hall–Kier alpha value is -2.89. The highest BCUT2D eigenvalue weighted by atomic mass is 16.7. The maximum atomic E-state index is 12.5. The first kappa shape index (κ1) is 16.0. The van der Waals surface area contributed by atoms with Crippen LogP contribution in [-0.4, -0.2) is 25.9 Å². The first-order chi connectivity index (χ1) is 11.7. The quantitative estimate of drug-likeness (QED) is 0.881. The van der Waals surface area contributed by atoms with E-state index in [0.717, 1.165) is 0 Å². The molecule has 2 aromatic rings. The highest BCUT2D eigenvalue weighted by Gasteiger charge is 2.21. The fraction of sp³-hybridized carbons (Fsp3) is 0.278. The Morgan fingerprint density at radius 1 is 1.17 bits per heavy atom. The summed E-state index contributed by atoms with van der Waals surface area (Å²) in [6.07, 6.45) is -0.110. The average Bonchev–Trinajstić information content (AvgIpc) is 3.07. The number of fused-ring (bicyclic) bond motifs is 1. The van der Waals surface area contributed by atoms with E-state index in [1.807, 2.05) is 19.1 Å². The van der Waals surface area contributed by atoms with Crippen molar-refractivity contribution in [3.8, 4) is 23.0 Å². The molecule has 6 heteroatoms. The first-order valence-electron chi connectivity index (χ1n) is 7.71. The van der Waals surface area contributed by atoms with E-state index in [0.29, 0.717) is 35.1 Å². The van der Waals surface area contributed by atoms with Gasteiger partial charge in [0.15, 0.2) is 29.1 Å². The summed E-state index contributed by atoms with van der Waals surface area (Å²) in [5, 5.41) is 2.84. The van der Waals surface area contributed by atoms with Gasteiger partial charge >= 0.3 is 0 Å². The summed E-state index contributed by atoms with van der Waals surface area (Å²) >= 11 is 0. The van der Waals surface area contributed by atoms with Crippen LogP contribution in [-0.2, 0) is 4.79 Å². The summed E-state index contributed by atoms with van der Waals surface area (Å²) in [4.78, 5) is 12.5. The molecule has 0 saturated carbocycles. The lowest BCUT2D eigenvalue weighted by Crippen LogP contribution is -2.32. The number of ether oxygens (including phenoxy) is 4. The molecule has 24 heavy (non-hydrogen) atoms. The number of hydrogen-bond acceptors (Lipinski definition) is 5. The van der Waals surface area contributed by atoms with Gasteiger partial charge in [-0.2, -0.15) is 0 Å². The fourth-order valence-electron chi connectivity index (χ4n) is 2.39. The molecule has 0 fully saturated rings. The molecule has 0 bridgehead atoms. The number of carbonyl (C=O) groups is 1. The monoisotopic (exact) mass is 329 g/mol. The summed E-state index contributed by atoms with van der Waals surface area (Å²) in [6, 6.07) is 12.5. The van der Waals surface area contributed by atoms with Crippen LogP contribution >= 0.6 is 0 Å². The number of rotatable bonds is 6. The van der Waals surface area contributed by atoms with Gasteiger partial charge in [-0.05, 0) is 30.7 Å². The molecule has 3 rings (SSSR count). The van der Waals surface area contributed by atoms with Crippen molar-refractivity contribution < 1.29 is 23.7 Å². The number of methoxy groups -OCH3 is 1. The van der Waals surface area contributed by atoms with Gasteiger partial charge in [0, 0.05) is 11.8 Å². The molecule has 0 aliphatic carbocycles. The zero-order valence-electron chi connectivity index (χ0n) is 13.6. The minimum Gasteiger partial charge on any atom is -0.493 e. The maximum Gasteiger partial charge on any atom is 0.265 e. The minimum absolute atomic E-state index is 0.196. The van der Waals surface area contributed by atoms with E-state index in [1.165, 1.54) is 0 Å². The third kappa shape index (κ3) is 3.37. The number of para-hydroxylation sites is 2. The number of carbonyl (C=O) groups excluding carboxylic acids is 1. The number of hydrogen-bond donors (Lipinski definition) is 1. The molecule has 1 N–H and O–H groups in total. The Balaban J connectivity index is 1.70. The fourth-order valence-corrected chi connectivity index (χ4v) is 2.39. The standard InChI is InChI=1S/C18H19NO5/c1-3-13(24-16-7-5-4-6-14(16)21-2)18(20)19-12-8-9-15-17(10-12)23-11-22-15/h4-10,13H,3,11H2,1-2H3,(H,19,20)/t13-/m1/s1. The smallest absolute Gasteiger partial charge is 0.265 e. The molecule has 0 spiro atoms.